The molecule has 4 atom stereocenters. The number of rotatable bonds is 3. The summed E-state index contributed by atoms with van der Waals surface area (Å²) in [5.74, 6) is 0. The summed E-state index contributed by atoms with van der Waals surface area (Å²) in [6.07, 6.45) is 2.97. The molecule has 1 fully saturated rings. The van der Waals surface area contributed by atoms with Crippen molar-refractivity contribution in [3.05, 3.63) is 0 Å². The highest BCUT2D eigenvalue weighted by Crippen LogP contribution is 2.21. The fraction of sp³-hybridized carbons (Fsp3) is 1.00. The highest BCUT2D eigenvalue weighted by atomic mass is 16.5. The van der Waals surface area contributed by atoms with Gasteiger partial charge in [-0.15, -0.1) is 0 Å². The van der Waals surface area contributed by atoms with Crippen LogP contribution in [-0.4, -0.2) is 31.0 Å². The molecule has 0 radical (unpaired) electrons. The van der Waals surface area contributed by atoms with Crippen molar-refractivity contribution in [2.45, 2.75) is 58.0 Å². The van der Waals surface area contributed by atoms with Crippen molar-refractivity contribution in [3.8, 4) is 0 Å². The molecule has 1 aliphatic heterocycles. The molecule has 13 heavy (non-hydrogen) atoms. The third-order valence-electron chi connectivity index (χ3n) is 2.25. The summed E-state index contributed by atoms with van der Waals surface area (Å²) in [7, 11) is 0. The first-order valence-corrected chi connectivity index (χ1v) is 5.10. The fourth-order valence-corrected chi connectivity index (χ4v) is 1.77. The zero-order valence-electron chi connectivity index (χ0n) is 8.82. The summed E-state index contributed by atoms with van der Waals surface area (Å²) < 4.78 is 11.3. The van der Waals surface area contributed by atoms with Crippen molar-refractivity contribution in [2.24, 2.45) is 5.73 Å². The van der Waals surface area contributed by atoms with Crippen LogP contribution >= 0.6 is 0 Å². The lowest BCUT2D eigenvalue weighted by Crippen LogP contribution is -2.36. The summed E-state index contributed by atoms with van der Waals surface area (Å²) in [6.45, 7) is 6.81. The first kappa shape index (κ1) is 11.0. The molecule has 0 bridgehead atoms. The Labute approximate surface area is 80.6 Å². The molecule has 0 aromatic carbocycles. The van der Waals surface area contributed by atoms with Gasteiger partial charge < -0.3 is 15.2 Å². The quantitative estimate of drug-likeness (QED) is 0.724. The highest BCUT2D eigenvalue weighted by molar-refractivity contribution is 4.74. The molecule has 1 aliphatic rings. The van der Waals surface area contributed by atoms with Gasteiger partial charge in [-0.2, -0.15) is 0 Å². The Morgan fingerprint density at radius 1 is 1.38 bits per heavy atom. The molecule has 0 aromatic heterocycles. The van der Waals surface area contributed by atoms with E-state index in [9.17, 15) is 0 Å². The zero-order valence-corrected chi connectivity index (χ0v) is 8.82. The van der Waals surface area contributed by atoms with E-state index in [1.807, 2.05) is 6.92 Å². The molecule has 0 aromatic rings. The van der Waals surface area contributed by atoms with Gasteiger partial charge in [-0.1, -0.05) is 0 Å². The SMILES string of the molecule is CC(N)COC1C[C@@H](C)O[C@@H](C)C1. The average Bonchev–Trinajstić information content (AvgIpc) is 1.99. The van der Waals surface area contributed by atoms with Crippen LogP contribution in [-0.2, 0) is 9.47 Å². The second-order valence-electron chi connectivity index (χ2n) is 4.16. The van der Waals surface area contributed by atoms with Gasteiger partial charge >= 0.3 is 0 Å². The number of nitrogens with two attached hydrogens (primary N) is 1. The van der Waals surface area contributed by atoms with Crippen LogP contribution in [0.1, 0.15) is 33.6 Å². The van der Waals surface area contributed by atoms with Gasteiger partial charge in [0.1, 0.15) is 0 Å². The molecule has 1 saturated heterocycles. The molecule has 3 nitrogen and oxygen atoms in total. The van der Waals surface area contributed by atoms with Crippen molar-refractivity contribution >= 4 is 0 Å². The third-order valence-corrected chi connectivity index (χ3v) is 2.25. The summed E-state index contributed by atoms with van der Waals surface area (Å²) in [4.78, 5) is 0. The van der Waals surface area contributed by atoms with Crippen LogP contribution in [0.3, 0.4) is 0 Å². The van der Waals surface area contributed by atoms with Gasteiger partial charge in [-0.25, -0.2) is 0 Å². The first-order valence-electron chi connectivity index (χ1n) is 5.10. The molecule has 0 aliphatic carbocycles. The van der Waals surface area contributed by atoms with E-state index in [0.717, 1.165) is 12.8 Å². The van der Waals surface area contributed by atoms with Crippen molar-refractivity contribution in [2.75, 3.05) is 6.61 Å². The third kappa shape index (κ3) is 4.07. The Morgan fingerprint density at radius 2 is 1.92 bits per heavy atom. The predicted molar refractivity (Wildman–Crippen MR) is 52.6 cm³/mol. The molecule has 0 saturated carbocycles. The smallest absolute Gasteiger partial charge is 0.0625 e. The van der Waals surface area contributed by atoms with Crippen LogP contribution in [0.25, 0.3) is 0 Å². The van der Waals surface area contributed by atoms with Gasteiger partial charge in [0.15, 0.2) is 0 Å². The van der Waals surface area contributed by atoms with E-state index < -0.39 is 0 Å². The summed E-state index contributed by atoms with van der Waals surface area (Å²) in [6, 6.07) is 0.133. The second kappa shape index (κ2) is 4.94. The lowest BCUT2D eigenvalue weighted by Gasteiger charge is -2.32. The van der Waals surface area contributed by atoms with Gasteiger partial charge in [-0.05, 0) is 33.6 Å². The van der Waals surface area contributed by atoms with Crippen molar-refractivity contribution in [3.63, 3.8) is 0 Å². The molecule has 78 valence electrons. The largest absolute Gasteiger partial charge is 0.376 e. The van der Waals surface area contributed by atoms with E-state index in [2.05, 4.69) is 13.8 Å². The maximum absolute atomic E-state index is 5.68. The van der Waals surface area contributed by atoms with Gasteiger partial charge in [0.25, 0.3) is 0 Å². The number of hydrogen-bond acceptors (Lipinski definition) is 3. The van der Waals surface area contributed by atoms with Gasteiger partial charge in [0.2, 0.25) is 0 Å². The van der Waals surface area contributed by atoms with Crippen LogP contribution in [0.2, 0.25) is 0 Å². The maximum atomic E-state index is 5.68. The van der Waals surface area contributed by atoms with E-state index in [0.29, 0.717) is 24.9 Å². The zero-order chi connectivity index (χ0) is 9.84. The average molecular weight is 187 g/mol. The highest BCUT2D eigenvalue weighted by Gasteiger charge is 2.24. The summed E-state index contributed by atoms with van der Waals surface area (Å²) >= 11 is 0. The van der Waals surface area contributed by atoms with Crippen molar-refractivity contribution < 1.29 is 9.47 Å². The Balaban J connectivity index is 2.25. The van der Waals surface area contributed by atoms with Gasteiger partial charge in [0, 0.05) is 6.04 Å². The van der Waals surface area contributed by atoms with E-state index in [1.54, 1.807) is 0 Å². The molecule has 0 spiro atoms. The Morgan fingerprint density at radius 3 is 2.38 bits per heavy atom. The second-order valence-corrected chi connectivity index (χ2v) is 4.16. The number of hydrogen-bond donors (Lipinski definition) is 1. The Hall–Kier alpha value is -0.120. The monoisotopic (exact) mass is 187 g/mol. The van der Waals surface area contributed by atoms with Crippen molar-refractivity contribution in [1.82, 2.24) is 0 Å². The predicted octanol–water partition coefficient (Wildman–Crippen LogP) is 1.31. The molecular formula is C10H21NO2. The molecular weight excluding hydrogens is 166 g/mol. The minimum atomic E-state index is 0.133. The Kier molecular flexibility index (Phi) is 4.16. The molecule has 0 amide bonds. The first-order chi connectivity index (χ1) is 6.08. The van der Waals surface area contributed by atoms with Crippen LogP contribution < -0.4 is 5.73 Å². The maximum Gasteiger partial charge on any atom is 0.0625 e. The van der Waals surface area contributed by atoms with Crippen LogP contribution in [0.4, 0.5) is 0 Å². The van der Waals surface area contributed by atoms with Crippen LogP contribution in [0.5, 0.6) is 0 Å². The molecule has 3 heteroatoms. The minimum Gasteiger partial charge on any atom is -0.376 e. The van der Waals surface area contributed by atoms with Crippen LogP contribution in [0.15, 0.2) is 0 Å². The molecule has 1 heterocycles. The Bertz CT molecular complexity index is 140. The van der Waals surface area contributed by atoms with E-state index in [1.165, 1.54) is 0 Å². The fourth-order valence-electron chi connectivity index (χ4n) is 1.77. The number of ether oxygens (including phenoxy) is 2. The van der Waals surface area contributed by atoms with Gasteiger partial charge in [0.05, 0.1) is 24.9 Å². The summed E-state index contributed by atoms with van der Waals surface area (Å²) in [5, 5.41) is 0. The lowest BCUT2D eigenvalue weighted by molar-refractivity contribution is -0.103. The molecule has 2 unspecified atom stereocenters. The van der Waals surface area contributed by atoms with Crippen LogP contribution in [0, 0.1) is 0 Å². The van der Waals surface area contributed by atoms with E-state index in [-0.39, 0.29) is 6.04 Å². The normalized spacial score (nSPS) is 37.4. The van der Waals surface area contributed by atoms with E-state index in [4.69, 9.17) is 15.2 Å². The molecule has 1 rings (SSSR count). The van der Waals surface area contributed by atoms with Crippen molar-refractivity contribution in [1.29, 1.82) is 0 Å². The van der Waals surface area contributed by atoms with Gasteiger partial charge in [-0.3, -0.25) is 0 Å². The molecule has 2 N–H and O–H groups in total. The van der Waals surface area contributed by atoms with E-state index >= 15 is 0 Å². The summed E-state index contributed by atoms with van der Waals surface area (Å²) in [5.41, 5.74) is 5.62. The topological polar surface area (TPSA) is 44.5 Å². The minimum absolute atomic E-state index is 0.133. The lowest BCUT2D eigenvalue weighted by atomic mass is 10.0. The standard InChI is InChI=1S/C10H21NO2/c1-7(11)6-12-10-4-8(2)13-9(3)5-10/h7-10H,4-6,11H2,1-3H3/t7?,8-,9+,10?.